The third kappa shape index (κ3) is 35.9. The molecule has 19 nitrogen and oxygen atoms in total. The highest BCUT2D eigenvalue weighted by Gasteiger charge is 2.53. The highest BCUT2D eigenvalue weighted by molar-refractivity contribution is 5.76. The summed E-state index contributed by atoms with van der Waals surface area (Å²) in [4.78, 5) is 13.4. The van der Waals surface area contributed by atoms with E-state index in [4.69, 9.17) is 28.4 Å². The molecule has 0 bridgehead atoms. The molecule has 91 heavy (non-hydrogen) atoms. The zero-order chi connectivity index (χ0) is 66.1. The van der Waals surface area contributed by atoms with Crippen LogP contribution >= 0.6 is 0 Å². The third-order valence-electron chi connectivity index (χ3n) is 18.7. The van der Waals surface area contributed by atoms with Crippen molar-refractivity contribution < 1.29 is 89.4 Å². The largest absolute Gasteiger partial charge is 0.394 e. The van der Waals surface area contributed by atoms with Crippen molar-refractivity contribution in [1.29, 1.82) is 0 Å². The summed E-state index contributed by atoms with van der Waals surface area (Å²) < 4.78 is 34.3. The molecule has 3 saturated heterocycles. The molecule has 3 fully saturated rings. The van der Waals surface area contributed by atoms with E-state index in [1.54, 1.807) is 6.08 Å². The molecule has 12 N–H and O–H groups in total. The first kappa shape index (κ1) is 83.5. The molecule has 17 atom stereocenters. The monoisotopic (exact) mass is 1300 g/mol. The molecular weight excluding hydrogens is 1170 g/mol. The molecule has 0 aromatic carbocycles. The molecule has 1 amide bonds. The fourth-order valence-corrected chi connectivity index (χ4v) is 12.7. The Labute approximate surface area is 549 Å². The van der Waals surface area contributed by atoms with Crippen LogP contribution < -0.4 is 5.32 Å². The Morgan fingerprint density at radius 2 is 0.692 bits per heavy atom. The van der Waals surface area contributed by atoms with Crippen LogP contribution in [0.2, 0.25) is 0 Å². The Morgan fingerprint density at radius 1 is 0.385 bits per heavy atom. The van der Waals surface area contributed by atoms with E-state index in [0.717, 1.165) is 44.9 Å². The van der Waals surface area contributed by atoms with E-state index in [1.165, 1.54) is 225 Å². The van der Waals surface area contributed by atoms with Gasteiger partial charge in [-0.2, -0.15) is 0 Å². The highest BCUT2D eigenvalue weighted by Crippen LogP contribution is 2.33. The number of carbonyl (C=O) groups is 1. The maximum absolute atomic E-state index is 13.4. The first-order valence-electron chi connectivity index (χ1n) is 37.1. The molecule has 0 spiro atoms. The minimum Gasteiger partial charge on any atom is -0.394 e. The molecule has 19 heteroatoms. The summed E-state index contributed by atoms with van der Waals surface area (Å²) in [6.07, 6.45) is 36.3. The van der Waals surface area contributed by atoms with E-state index in [0.29, 0.717) is 6.42 Å². The lowest BCUT2D eigenvalue weighted by atomic mass is 9.96. The topological polar surface area (TPSA) is 307 Å². The number of aliphatic hydroxyl groups excluding tert-OH is 11. The van der Waals surface area contributed by atoms with Gasteiger partial charge in [-0.25, -0.2) is 0 Å². The summed E-state index contributed by atoms with van der Waals surface area (Å²) >= 11 is 0. The van der Waals surface area contributed by atoms with Crippen molar-refractivity contribution in [3.63, 3.8) is 0 Å². The molecule has 0 aromatic heterocycles. The lowest BCUT2D eigenvalue weighted by Gasteiger charge is -2.48. The van der Waals surface area contributed by atoms with E-state index in [2.05, 4.69) is 31.3 Å². The normalized spacial score (nSPS) is 27.9. The second-order valence-corrected chi connectivity index (χ2v) is 26.8. The molecule has 0 aliphatic carbocycles. The maximum atomic E-state index is 13.4. The van der Waals surface area contributed by atoms with Crippen LogP contribution in [-0.2, 0) is 33.2 Å². The fourth-order valence-electron chi connectivity index (χ4n) is 12.7. The van der Waals surface area contributed by atoms with Crippen molar-refractivity contribution in [3.05, 3.63) is 24.3 Å². The summed E-state index contributed by atoms with van der Waals surface area (Å²) in [5.41, 5.74) is 0. The summed E-state index contributed by atoms with van der Waals surface area (Å²) in [6.45, 7) is 1.73. The van der Waals surface area contributed by atoms with Gasteiger partial charge in [0.1, 0.15) is 73.2 Å². The van der Waals surface area contributed by atoms with Crippen LogP contribution in [0.3, 0.4) is 0 Å². The van der Waals surface area contributed by atoms with Gasteiger partial charge in [0.2, 0.25) is 5.91 Å². The first-order chi connectivity index (χ1) is 44.3. The number of hydrogen-bond acceptors (Lipinski definition) is 18. The van der Waals surface area contributed by atoms with Crippen molar-refractivity contribution in [2.24, 2.45) is 0 Å². The Balaban J connectivity index is 1.30. The van der Waals surface area contributed by atoms with Crippen LogP contribution in [-0.4, -0.2) is 193 Å². The minimum atomic E-state index is -1.98. The van der Waals surface area contributed by atoms with Crippen LogP contribution in [0.4, 0.5) is 0 Å². The summed E-state index contributed by atoms with van der Waals surface area (Å²) in [7, 11) is 0. The Hall–Kier alpha value is -1.73. The number of amides is 1. The van der Waals surface area contributed by atoms with E-state index >= 15 is 0 Å². The molecule has 536 valence electrons. The zero-order valence-electron chi connectivity index (χ0n) is 56.8. The van der Waals surface area contributed by atoms with Crippen molar-refractivity contribution in [1.82, 2.24) is 5.32 Å². The van der Waals surface area contributed by atoms with Gasteiger partial charge in [-0.15, -0.1) is 0 Å². The van der Waals surface area contributed by atoms with Gasteiger partial charge < -0.3 is 89.9 Å². The summed E-state index contributed by atoms with van der Waals surface area (Å²) in [6, 6.07) is -0.969. The molecule has 0 aromatic rings. The number of nitrogens with one attached hydrogen (secondary N) is 1. The van der Waals surface area contributed by atoms with Gasteiger partial charge in [0.15, 0.2) is 18.9 Å². The average molecular weight is 1300 g/mol. The number of ether oxygens (including phenoxy) is 6. The lowest BCUT2D eigenvalue weighted by molar-refractivity contribution is -0.379. The third-order valence-corrected chi connectivity index (χ3v) is 18.7. The van der Waals surface area contributed by atoms with Crippen LogP contribution in [0.25, 0.3) is 0 Å². The second-order valence-electron chi connectivity index (χ2n) is 26.8. The number of hydrogen-bond donors (Lipinski definition) is 12. The SMILES string of the molecule is CCCCCCCCCC/C=C\CCCCCCCCCCCCCCCCCCCCCCCCCC(=O)NC(COC1OC(CO)C(OC2OC(CO)C(OC3OC(CO)C(O)C(O)C3O)C(O)C2O)C(O)C1O)C(O)/C=C/CCCCCCCCCCC. The molecule has 3 aliphatic rings. The van der Waals surface area contributed by atoms with Gasteiger partial charge >= 0.3 is 0 Å². The second kappa shape index (κ2) is 54.3. The molecule has 3 rings (SSSR count). The Bertz CT molecular complexity index is 1750. The predicted molar refractivity (Wildman–Crippen MR) is 356 cm³/mol. The highest BCUT2D eigenvalue weighted by atomic mass is 16.8. The van der Waals surface area contributed by atoms with Crippen molar-refractivity contribution >= 4 is 5.91 Å². The molecule has 0 radical (unpaired) electrons. The standard InChI is InChI=1S/C72H135NO18/c1-3-5-7-9-11-13-15-16-17-18-19-20-21-22-23-24-25-26-27-28-29-30-31-32-33-34-35-36-37-38-40-42-44-46-48-50-60(78)73-55(56(77)49-47-45-43-41-39-14-12-10-8-6-4-2)54-86-70-66(84)63(81)68(58(52-75)88-70)91-72-67(85)64(82)69(59(53-76)89-72)90-71-65(83)62(80)61(79)57(51-74)87-71/h18-19,47,49,55-59,61-72,74-77,79-85H,3-17,20-46,48,50-54H2,1-2H3,(H,73,78)/b19-18-,49-47+. The fraction of sp³-hybridized carbons (Fsp3) is 0.931. The predicted octanol–water partition coefficient (Wildman–Crippen LogP) is 10.6. The smallest absolute Gasteiger partial charge is 0.220 e. The number of rotatable bonds is 58. The van der Waals surface area contributed by atoms with Crippen molar-refractivity contribution in [2.75, 3.05) is 26.4 Å². The number of unbranched alkanes of at least 4 members (excludes halogenated alkanes) is 40. The molecule has 3 aliphatic heterocycles. The average Bonchev–Trinajstić information content (AvgIpc) is 1.05. The summed E-state index contributed by atoms with van der Waals surface area (Å²) in [5.74, 6) is -0.272. The van der Waals surface area contributed by atoms with Gasteiger partial charge in [-0.3, -0.25) is 4.79 Å². The first-order valence-corrected chi connectivity index (χ1v) is 37.1. The Morgan fingerprint density at radius 3 is 1.07 bits per heavy atom. The van der Waals surface area contributed by atoms with E-state index < -0.39 is 124 Å². The van der Waals surface area contributed by atoms with Crippen LogP contribution in [0.15, 0.2) is 24.3 Å². The quantitative estimate of drug-likeness (QED) is 0.0199. The summed E-state index contributed by atoms with van der Waals surface area (Å²) in [5, 5.41) is 120. The molecule has 3 heterocycles. The van der Waals surface area contributed by atoms with Gasteiger partial charge in [0.05, 0.1) is 38.6 Å². The zero-order valence-corrected chi connectivity index (χ0v) is 56.8. The van der Waals surface area contributed by atoms with Gasteiger partial charge in [-0.1, -0.05) is 269 Å². The van der Waals surface area contributed by atoms with Gasteiger partial charge in [0.25, 0.3) is 0 Å². The van der Waals surface area contributed by atoms with Gasteiger partial charge in [-0.05, 0) is 44.9 Å². The minimum absolute atomic E-state index is 0.248. The van der Waals surface area contributed by atoms with Crippen molar-refractivity contribution in [3.8, 4) is 0 Å². The molecular formula is C72H135NO18. The number of carbonyl (C=O) groups excluding carboxylic acids is 1. The van der Waals surface area contributed by atoms with E-state index in [-0.39, 0.29) is 18.9 Å². The van der Waals surface area contributed by atoms with Crippen molar-refractivity contribution in [2.45, 2.75) is 401 Å². The molecule has 0 saturated carbocycles. The number of aliphatic hydroxyl groups is 11. The lowest BCUT2D eigenvalue weighted by Crippen LogP contribution is -2.66. The van der Waals surface area contributed by atoms with E-state index in [1.807, 2.05) is 6.08 Å². The number of allylic oxidation sites excluding steroid dienone is 3. The van der Waals surface area contributed by atoms with Crippen LogP contribution in [0.1, 0.15) is 296 Å². The Kier molecular flexibility index (Phi) is 49.8. The van der Waals surface area contributed by atoms with Crippen LogP contribution in [0, 0.1) is 0 Å². The molecule has 17 unspecified atom stereocenters. The maximum Gasteiger partial charge on any atom is 0.220 e. The van der Waals surface area contributed by atoms with E-state index in [9.17, 15) is 61.0 Å². The van der Waals surface area contributed by atoms with Gasteiger partial charge in [0, 0.05) is 6.42 Å². The van der Waals surface area contributed by atoms with Crippen LogP contribution in [0.5, 0.6) is 0 Å².